The van der Waals surface area contributed by atoms with E-state index in [0.29, 0.717) is 11.6 Å². The third-order valence-electron chi connectivity index (χ3n) is 3.45. The van der Waals surface area contributed by atoms with Gasteiger partial charge in [0.15, 0.2) is 5.82 Å². The Morgan fingerprint density at radius 3 is 2.55 bits per heavy atom. The average molecular weight is 269 g/mol. The van der Waals surface area contributed by atoms with Crippen LogP contribution in [-0.2, 0) is 12.8 Å². The van der Waals surface area contributed by atoms with Crippen molar-refractivity contribution in [3.05, 3.63) is 35.5 Å². The first-order valence-corrected chi connectivity index (χ1v) is 7.06. The van der Waals surface area contributed by atoms with Gasteiger partial charge in [-0.3, -0.25) is 0 Å². The van der Waals surface area contributed by atoms with E-state index in [2.05, 4.69) is 9.97 Å². The summed E-state index contributed by atoms with van der Waals surface area (Å²) in [7, 11) is 0. The molecule has 0 saturated heterocycles. The summed E-state index contributed by atoms with van der Waals surface area (Å²) in [6.45, 7) is 4.02. The molecular formula is C16H19N3O. The van der Waals surface area contributed by atoms with Crippen LogP contribution in [0.1, 0.15) is 31.5 Å². The molecule has 0 aliphatic heterocycles. The minimum atomic E-state index is 0.174. The van der Waals surface area contributed by atoms with Gasteiger partial charge in [-0.05, 0) is 57.4 Å². The number of nitrogens with two attached hydrogens (primary N) is 1. The topological polar surface area (TPSA) is 61.0 Å². The summed E-state index contributed by atoms with van der Waals surface area (Å²) in [6, 6.07) is 7.85. The molecule has 0 unspecified atom stereocenters. The van der Waals surface area contributed by atoms with Crippen molar-refractivity contribution in [3.8, 4) is 17.1 Å². The van der Waals surface area contributed by atoms with Gasteiger partial charge < -0.3 is 10.5 Å². The highest BCUT2D eigenvalue weighted by molar-refractivity contribution is 5.60. The number of nitrogen functional groups attached to an aromatic ring is 1. The van der Waals surface area contributed by atoms with Gasteiger partial charge in [0.2, 0.25) is 0 Å². The number of hydrogen-bond acceptors (Lipinski definition) is 4. The molecule has 4 heteroatoms. The van der Waals surface area contributed by atoms with E-state index in [1.807, 2.05) is 38.1 Å². The summed E-state index contributed by atoms with van der Waals surface area (Å²) >= 11 is 0. The minimum Gasteiger partial charge on any atom is -0.491 e. The standard InChI is InChI=1S/C16H19N3O/c1-10(2)20-12-8-6-11(7-9-12)16-18-14-5-3-4-13(14)15(17)19-16/h6-10H,3-5H2,1-2H3,(H2,17,18,19). The number of anilines is 1. The van der Waals surface area contributed by atoms with Gasteiger partial charge in [0.25, 0.3) is 0 Å². The maximum absolute atomic E-state index is 6.03. The van der Waals surface area contributed by atoms with Crippen LogP contribution in [-0.4, -0.2) is 16.1 Å². The van der Waals surface area contributed by atoms with Crippen LogP contribution in [0.25, 0.3) is 11.4 Å². The Kier molecular flexibility index (Phi) is 3.30. The second kappa shape index (κ2) is 5.12. The molecule has 0 radical (unpaired) electrons. The van der Waals surface area contributed by atoms with E-state index in [0.717, 1.165) is 41.8 Å². The quantitative estimate of drug-likeness (QED) is 0.930. The highest BCUT2D eigenvalue weighted by Gasteiger charge is 2.18. The molecule has 3 rings (SSSR count). The van der Waals surface area contributed by atoms with Crippen molar-refractivity contribution in [3.63, 3.8) is 0 Å². The molecule has 0 fully saturated rings. The summed E-state index contributed by atoms with van der Waals surface area (Å²) in [6.07, 6.45) is 3.30. The van der Waals surface area contributed by atoms with Gasteiger partial charge >= 0.3 is 0 Å². The maximum Gasteiger partial charge on any atom is 0.161 e. The molecule has 1 aromatic carbocycles. The van der Waals surface area contributed by atoms with Gasteiger partial charge in [0.1, 0.15) is 11.6 Å². The number of hydrogen-bond donors (Lipinski definition) is 1. The van der Waals surface area contributed by atoms with E-state index in [9.17, 15) is 0 Å². The minimum absolute atomic E-state index is 0.174. The van der Waals surface area contributed by atoms with Gasteiger partial charge in [-0.2, -0.15) is 0 Å². The van der Waals surface area contributed by atoms with Crippen LogP contribution in [0.2, 0.25) is 0 Å². The first kappa shape index (κ1) is 12.9. The Hall–Kier alpha value is -2.10. The predicted octanol–water partition coefficient (Wildman–Crippen LogP) is 3.00. The summed E-state index contributed by atoms with van der Waals surface area (Å²) < 4.78 is 5.64. The van der Waals surface area contributed by atoms with Crippen LogP contribution in [0.4, 0.5) is 5.82 Å². The Bertz CT molecular complexity index is 620. The third kappa shape index (κ3) is 2.46. The molecule has 1 aliphatic carbocycles. The lowest BCUT2D eigenvalue weighted by Crippen LogP contribution is -2.05. The van der Waals surface area contributed by atoms with Crippen molar-refractivity contribution < 1.29 is 4.74 Å². The van der Waals surface area contributed by atoms with E-state index in [-0.39, 0.29) is 6.10 Å². The van der Waals surface area contributed by atoms with Gasteiger partial charge in [-0.1, -0.05) is 0 Å². The zero-order valence-corrected chi connectivity index (χ0v) is 11.9. The van der Waals surface area contributed by atoms with Crippen LogP contribution in [0.5, 0.6) is 5.75 Å². The first-order valence-electron chi connectivity index (χ1n) is 7.06. The lowest BCUT2D eigenvalue weighted by molar-refractivity contribution is 0.242. The fourth-order valence-electron chi connectivity index (χ4n) is 2.55. The van der Waals surface area contributed by atoms with E-state index in [4.69, 9.17) is 10.5 Å². The molecule has 0 spiro atoms. The molecule has 0 amide bonds. The molecule has 0 bridgehead atoms. The van der Waals surface area contributed by atoms with Gasteiger partial charge in [0, 0.05) is 16.8 Å². The highest BCUT2D eigenvalue weighted by atomic mass is 16.5. The number of ether oxygens (including phenoxy) is 1. The molecule has 1 aliphatic rings. The number of aromatic nitrogens is 2. The van der Waals surface area contributed by atoms with Crippen LogP contribution >= 0.6 is 0 Å². The fraction of sp³-hybridized carbons (Fsp3) is 0.375. The normalized spacial score (nSPS) is 13.6. The predicted molar refractivity (Wildman–Crippen MR) is 79.7 cm³/mol. The fourth-order valence-corrected chi connectivity index (χ4v) is 2.55. The molecule has 20 heavy (non-hydrogen) atoms. The largest absolute Gasteiger partial charge is 0.491 e. The molecule has 2 N–H and O–H groups in total. The number of rotatable bonds is 3. The lowest BCUT2D eigenvalue weighted by Gasteiger charge is -2.10. The SMILES string of the molecule is CC(C)Oc1ccc(-c2nc(N)c3c(n2)CCC3)cc1. The van der Waals surface area contributed by atoms with Crippen molar-refractivity contribution in [1.29, 1.82) is 0 Å². The summed E-state index contributed by atoms with van der Waals surface area (Å²) in [5.74, 6) is 2.20. The lowest BCUT2D eigenvalue weighted by atomic mass is 10.2. The van der Waals surface area contributed by atoms with E-state index < -0.39 is 0 Å². The van der Waals surface area contributed by atoms with Crippen LogP contribution in [0.15, 0.2) is 24.3 Å². The summed E-state index contributed by atoms with van der Waals surface area (Å²) in [5.41, 5.74) is 9.24. The number of fused-ring (bicyclic) bond motifs is 1. The molecule has 0 saturated carbocycles. The molecular weight excluding hydrogens is 250 g/mol. The van der Waals surface area contributed by atoms with Crippen molar-refractivity contribution in [1.82, 2.24) is 9.97 Å². The summed E-state index contributed by atoms with van der Waals surface area (Å²) in [5, 5.41) is 0. The van der Waals surface area contributed by atoms with Crippen molar-refractivity contribution in [2.24, 2.45) is 0 Å². The summed E-state index contributed by atoms with van der Waals surface area (Å²) in [4.78, 5) is 9.07. The number of aryl methyl sites for hydroxylation is 1. The highest BCUT2D eigenvalue weighted by Crippen LogP contribution is 2.28. The smallest absolute Gasteiger partial charge is 0.161 e. The molecule has 104 valence electrons. The molecule has 2 aromatic rings. The molecule has 0 atom stereocenters. The van der Waals surface area contributed by atoms with Crippen molar-refractivity contribution in [2.75, 3.05) is 5.73 Å². The third-order valence-corrected chi connectivity index (χ3v) is 3.45. The van der Waals surface area contributed by atoms with Crippen LogP contribution in [0.3, 0.4) is 0 Å². The van der Waals surface area contributed by atoms with E-state index in [1.54, 1.807) is 0 Å². The Morgan fingerprint density at radius 2 is 1.85 bits per heavy atom. The number of benzene rings is 1. The van der Waals surface area contributed by atoms with Crippen molar-refractivity contribution >= 4 is 5.82 Å². The van der Waals surface area contributed by atoms with Gasteiger partial charge in [-0.15, -0.1) is 0 Å². The van der Waals surface area contributed by atoms with Gasteiger partial charge in [-0.25, -0.2) is 9.97 Å². The first-order chi connectivity index (χ1) is 9.63. The van der Waals surface area contributed by atoms with E-state index >= 15 is 0 Å². The van der Waals surface area contributed by atoms with Crippen LogP contribution in [0, 0.1) is 0 Å². The monoisotopic (exact) mass is 269 g/mol. The molecule has 1 heterocycles. The zero-order valence-electron chi connectivity index (χ0n) is 11.9. The zero-order chi connectivity index (χ0) is 14.1. The molecule has 4 nitrogen and oxygen atoms in total. The Balaban J connectivity index is 1.91. The van der Waals surface area contributed by atoms with Crippen molar-refractivity contribution in [2.45, 2.75) is 39.2 Å². The van der Waals surface area contributed by atoms with E-state index in [1.165, 1.54) is 0 Å². The molecule has 1 aromatic heterocycles. The second-order valence-corrected chi connectivity index (χ2v) is 5.40. The number of nitrogens with zero attached hydrogens (tertiary/aromatic N) is 2. The second-order valence-electron chi connectivity index (χ2n) is 5.40. The Morgan fingerprint density at radius 1 is 1.10 bits per heavy atom. The van der Waals surface area contributed by atoms with Gasteiger partial charge in [0.05, 0.1) is 6.10 Å². The average Bonchev–Trinajstić information content (AvgIpc) is 2.87. The Labute approximate surface area is 119 Å². The van der Waals surface area contributed by atoms with Crippen LogP contribution < -0.4 is 10.5 Å². The maximum atomic E-state index is 6.03.